The topological polar surface area (TPSA) is 51.3 Å². The maximum absolute atomic E-state index is 12.5. The van der Waals surface area contributed by atoms with E-state index in [9.17, 15) is 4.79 Å². The highest BCUT2D eigenvalue weighted by Gasteiger charge is 2.13. The average Bonchev–Trinajstić information content (AvgIpc) is 3.04. The van der Waals surface area contributed by atoms with E-state index in [2.05, 4.69) is 16.8 Å². The molecule has 0 saturated carbocycles. The lowest BCUT2D eigenvalue weighted by Crippen LogP contribution is -2.20. The number of hydrogen-bond donors (Lipinski definition) is 1. The molecule has 0 amide bonds. The Morgan fingerprint density at radius 1 is 1.16 bits per heavy atom. The number of halogens is 1. The number of anilines is 1. The van der Waals surface area contributed by atoms with Crippen LogP contribution in [-0.2, 0) is 6.54 Å². The largest absolute Gasteiger partial charge is 0.372 e. The Morgan fingerprint density at radius 3 is 2.60 bits per heavy atom. The monoisotopic (exact) mass is 358 g/mol. The van der Waals surface area contributed by atoms with Gasteiger partial charge in [-0.05, 0) is 25.5 Å². The smallest absolute Gasteiger partial charge is 0.261 e. The molecule has 1 aromatic carbocycles. The molecule has 0 aliphatic rings. The van der Waals surface area contributed by atoms with Crippen LogP contribution in [0.4, 0.5) is 5.82 Å². The van der Waals surface area contributed by atoms with Crippen molar-refractivity contribution in [1.29, 1.82) is 0 Å². The van der Waals surface area contributed by atoms with Crippen LogP contribution in [0, 0.1) is 0 Å². The van der Waals surface area contributed by atoms with Gasteiger partial charge in [-0.2, -0.15) is 0 Å². The molecule has 0 spiro atoms. The molecule has 3 rings (SSSR count). The standard InChI is InChI=1S/C19H23ClN4O/c1-3-5-6-11-23-17(21-4-2)12-18(25)24-13-16(22-19(23)24)14-7-9-15(20)10-8-14/h7-10,12-13,21H,3-6,11H2,1-2H3. The van der Waals surface area contributed by atoms with Crippen LogP contribution in [0.15, 0.2) is 41.3 Å². The van der Waals surface area contributed by atoms with Crippen molar-refractivity contribution in [2.45, 2.75) is 39.7 Å². The van der Waals surface area contributed by atoms with Gasteiger partial charge in [0.2, 0.25) is 5.78 Å². The SMILES string of the molecule is CCCCCn1c(NCC)cc(=O)n2cc(-c3ccc(Cl)cc3)nc12. The Kier molecular flexibility index (Phi) is 5.43. The highest BCUT2D eigenvalue weighted by atomic mass is 35.5. The van der Waals surface area contributed by atoms with Crippen LogP contribution in [0.5, 0.6) is 0 Å². The first-order valence-corrected chi connectivity index (χ1v) is 9.14. The van der Waals surface area contributed by atoms with Gasteiger partial charge in [0.25, 0.3) is 5.56 Å². The molecular formula is C19H23ClN4O. The van der Waals surface area contributed by atoms with E-state index in [0.717, 1.165) is 49.4 Å². The molecule has 0 saturated heterocycles. The van der Waals surface area contributed by atoms with Crippen LogP contribution in [0.1, 0.15) is 33.1 Å². The van der Waals surface area contributed by atoms with Crippen LogP contribution in [0.25, 0.3) is 17.0 Å². The summed E-state index contributed by atoms with van der Waals surface area (Å²) in [6, 6.07) is 9.15. The van der Waals surface area contributed by atoms with Crippen molar-refractivity contribution in [3.05, 3.63) is 51.9 Å². The van der Waals surface area contributed by atoms with Crippen molar-refractivity contribution in [2.75, 3.05) is 11.9 Å². The molecule has 2 heterocycles. The number of nitrogens with zero attached hydrogens (tertiary/aromatic N) is 3. The molecular weight excluding hydrogens is 336 g/mol. The van der Waals surface area contributed by atoms with E-state index >= 15 is 0 Å². The van der Waals surface area contributed by atoms with Crippen molar-refractivity contribution >= 4 is 23.2 Å². The number of hydrogen-bond acceptors (Lipinski definition) is 3. The molecule has 0 aliphatic heterocycles. The van der Waals surface area contributed by atoms with Crippen LogP contribution in [0.3, 0.4) is 0 Å². The maximum Gasteiger partial charge on any atom is 0.261 e. The van der Waals surface area contributed by atoms with Gasteiger partial charge in [-0.15, -0.1) is 0 Å². The zero-order valence-electron chi connectivity index (χ0n) is 14.6. The predicted octanol–water partition coefficient (Wildman–Crippen LogP) is 4.44. The Bertz CT molecular complexity index is 912. The summed E-state index contributed by atoms with van der Waals surface area (Å²) < 4.78 is 3.72. The van der Waals surface area contributed by atoms with Gasteiger partial charge in [0.05, 0.1) is 5.69 Å². The second-order valence-corrected chi connectivity index (χ2v) is 6.50. The average molecular weight is 359 g/mol. The Morgan fingerprint density at radius 2 is 1.92 bits per heavy atom. The second kappa shape index (κ2) is 7.74. The van der Waals surface area contributed by atoms with Crippen molar-refractivity contribution in [3.8, 4) is 11.3 Å². The van der Waals surface area contributed by atoms with E-state index in [1.807, 2.05) is 31.2 Å². The molecule has 0 radical (unpaired) electrons. The molecule has 0 aliphatic carbocycles. The van der Waals surface area contributed by atoms with Crippen molar-refractivity contribution in [1.82, 2.24) is 14.0 Å². The number of benzene rings is 1. The molecule has 132 valence electrons. The molecule has 5 nitrogen and oxygen atoms in total. The highest BCUT2D eigenvalue weighted by Crippen LogP contribution is 2.22. The number of nitrogens with one attached hydrogen (secondary N) is 1. The molecule has 2 aromatic heterocycles. The molecule has 25 heavy (non-hydrogen) atoms. The zero-order valence-corrected chi connectivity index (χ0v) is 15.4. The first-order valence-electron chi connectivity index (χ1n) is 8.76. The molecule has 1 N–H and O–H groups in total. The lowest BCUT2D eigenvalue weighted by Gasteiger charge is -2.15. The number of unbranched alkanes of at least 4 members (excludes halogenated alkanes) is 2. The van der Waals surface area contributed by atoms with Crippen LogP contribution in [0.2, 0.25) is 5.02 Å². The summed E-state index contributed by atoms with van der Waals surface area (Å²) >= 11 is 5.97. The Hall–Kier alpha value is -2.27. The summed E-state index contributed by atoms with van der Waals surface area (Å²) in [5, 5.41) is 3.97. The molecule has 0 bridgehead atoms. The minimum absolute atomic E-state index is 0.0783. The van der Waals surface area contributed by atoms with Crippen molar-refractivity contribution in [3.63, 3.8) is 0 Å². The summed E-state index contributed by atoms with van der Waals surface area (Å²) in [6.07, 6.45) is 5.15. The number of aromatic nitrogens is 3. The first-order chi connectivity index (χ1) is 12.1. The van der Waals surface area contributed by atoms with E-state index in [1.54, 1.807) is 16.7 Å². The van der Waals surface area contributed by atoms with Gasteiger partial charge in [0.15, 0.2) is 0 Å². The lowest BCUT2D eigenvalue weighted by molar-refractivity contribution is 0.605. The highest BCUT2D eigenvalue weighted by molar-refractivity contribution is 6.30. The Balaban J connectivity index is 2.12. The van der Waals surface area contributed by atoms with Gasteiger partial charge >= 0.3 is 0 Å². The lowest BCUT2D eigenvalue weighted by atomic mass is 10.2. The molecule has 0 fully saturated rings. The Labute approximate surface area is 152 Å². The van der Waals surface area contributed by atoms with Gasteiger partial charge in [-0.3, -0.25) is 13.8 Å². The minimum Gasteiger partial charge on any atom is -0.372 e. The first kappa shape index (κ1) is 17.5. The minimum atomic E-state index is -0.0783. The van der Waals surface area contributed by atoms with E-state index in [1.165, 1.54) is 0 Å². The fraction of sp³-hybridized carbons (Fsp3) is 0.368. The maximum atomic E-state index is 12.5. The third-order valence-corrected chi connectivity index (χ3v) is 4.45. The number of imidazole rings is 1. The van der Waals surface area contributed by atoms with Gasteiger partial charge < -0.3 is 5.32 Å². The summed E-state index contributed by atoms with van der Waals surface area (Å²) in [6.45, 7) is 5.79. The van der Waals surface area contributed by atoms with E-state index < -0.39 is 0 Å². The third kappa shape index (κ3) is 3.71. The van der Waals surface area contributed by atoms with Crippen LogP contribution in [-0.4, -0.2) is 20.5 Å². The van der Waals surface area contributed by atoms with Crippen LogP contribution < -0.4 is 10.9 Å². The molecule has 6 heteroatoms. The summed E-state index contributed by atoms with van der Waals surface area (Å²) in [4.78, 5) is 17.2. The second-order valence-electron chi connectivity index (χ2n) is 6.06. The third-order valence-electron chi connectivity index (χ3n) is 4.20. The van der Waals surface area contributed by atoms with Gasteiger partial charge in [0.1, 0.15) is 5.82 Å². The fourth-order valence-electron chi connectivity index (χ4n) is 2.92. The molecule has 0 unspecified atom stereocenters. The van der Waals surface area contributed by atoms with E-state index in [0.29, 0.717) is 10.8 Å². The van der Waals surface area contributed by atoms with Crippen molar-refractivity contribution < 1.29 is 0 Å². The number of aryl methyl sites for hydroxylation is 1. The number of fused-ring (bicyclic) bond motifs is 1. The molecule has 0 atom stereocenters. The van der Waals surface area contributed by atoms with Crippen LogP contribution >= 0.6 is 11.6 Å². The number of rotatable bonds is 7. The van der Waals surface area contributed by atoms with Gasteiger partial charge in [-0.1, -0.05) is 43.5 Å². The predicted molar refractivity (Wildman–Crippen MR) is 104 cm³/mol. The molecule has 3 aromatic rings. The summed E-state index contributed by atoms with van der Waals surface area (Å²) in [7, 11) is 0. The zero-order chi connectivity index (χ0) is 17.8. The van der Waals surface area contributed by atoms with Gasteiger partial charge in [-0.25, -0.2) is 4.98 Å². The quantitative estimate of drug-likeness (QED) is 0.635. The van der Waals surface area contributed by atoms with Gasteiger partial charge in [0, 0.05) is 35.9 Å². The normalized spacial score (nSPS) is 11.2. The van der Waals surface area contributed by atoms with E-state index in [-0.39, 0.29) is 5.56 Å². The summed E-state index contributed by atoms with van der Waals surface area (Å²) in [5.74, 6) is 1.49. The fourth-order valence-corrected chi connectivity index (χ4v) is 3.05. The van der Waals surface area contributed by atoms with Crippen molar-refractivity contribution in [2.24, 2.45) is 0 Å². The van der Waals surface area contributed by atoms with E-state index in [4.69, 9.17) is 16.6 Å². The summed E-state index contributed by atoms with van der Waals surface area (Å²) in [5.41, 5.74) is 1.63.